The van der Waals surface area contributed by atoms with Gasteiger partial charge in [0, 0.05) is 34.0 Å². The van der Waals surface area contributed by atoms with Crippen LogP contribution in [0.1, 0.15) is 16.1 Å². The Bertz CT molecular complexity index is 657. The number of benzene rings is 1. The second kappa shape index (κ2) is 6.40. The van der Waals surface area contributed by atoms with E-state index in [1.165, 1.54) is 18.6 Å². The number of nitrogens with zero attached hydrogens (tertiary/aromatic N) is 1. The van der Waals surface area contributed by atoms with Crippen molar-refractivity contribution in [3.63, 3.8) is 0 Å². The topological polar surface area (TPSA) is 121 Å². The van der Waals surface area contributed by atoms with Crippen LogP contribution < -0.4 is 11.1 Å². The van der Waals surface area contributed by atoms with E-state index in [2.05, 4.69) is 31.2 Å². The van der Waals surface area contributed by atoms with Gasteiger partial charge in [-0.1, -0.05) is 0 Å². The number of aliphatic carboxylic acids is 1. The number of imidazole rings is 1. The van der Waals surface area contributed by atoms with Crippen molar-refractivity contribution in [3.8, 4) is 0 Å². The number of H-pyrrole nitrogens is 1. The second-order valence-electron chi connectivity index (χ2n) is 4.38. The maximum atomic E-state index is 12.1. The van der Waals surface area contributed by atoms with Gasteiger partial charge in [-0.2, -0.15) is 0 Å². The predicted molar refractivity (Wildman–Crippen MR) is 79.7 cm³/mol. The number of carboxylic acids is 1. The van der Waals surface area contributed by atoms with Crippen LogP contribution in [0.4, 0.5) is 5.69 Å². The number of nitrogens with one attached hydrogen (secondary N) is 2. The van der Waals surface area contributed by atoms with Crippen molar-refractivity contribution in [3.05, 3.63) is 46.5 Å². The zero-order valence-corrected chi connectivity index (χ0v) is 12.4. The van der Waals surface area contributed by atoms with Gasteiger partial charge in [-0.25, -0.2) is 9.78 Å². The van der Waals surface area contributed by atoms with Gasteiger partial charge < -0.3 is 21.1 Å². The molecule has 7 nitrogen and oxygen atoms in total. The fraction of sp³-hybridized carbons (Fsp3) is 0.154. The van der Waals surface area contributed by atoms with E-state index >= 15 is 0 Å². The molecule has 1 amide bonds. The van der Waals surface area contributed by atoms with E-state index in [1.54, 1.807) is 12.1 Å². The minimum atomic E-state index is -1.12. The highest BCUT2D eigenvalue weighted by Crippen LogP contribution is 2.20. The Balaban J connectivity index is 2.10. The first kappa shape index (κ1) is 15.0. The van der Waals surface area contributed by atoms with Crippen LogP contribution in [0.25, 0.3) is 0 Å². The molecule has 1 aromatic carbocycles. The van der Waals surface area contributed by atoms with E-state index in [4.69, 9.17) is 5.73 Å². The monoisotopic (exact) mass is 352 g/mol. The number of carbonyl (C=O) groups excluding carboxylic acids is 1. The van der Waals surface area contributed by atoms with Gasteiger partial charge >= 0.3 is 5.97 Å². The third-order valence-corrected chi connectivity index (χ3v) is 3.56. The molecule has 0 aliphatic carbocycles. The summed E-state index contributed by atoms with van der Waals surface area (Å²) in [5.41, 5.74) is 7.03. The van der Waals surface area contributed by atoms with Gasteiger partial charge in [0.15, 0.2) is 0 Å². The van der Waals surface area contributed by atoms with Crippen LogP contribution >= 0.6 is 15.9 Å². The largest absolute Gasteiger partial charge is 0.480 e. The van der Waals surface area contributed by atoms with Gasteiger partial charge in [0.2, 0.25) is 0 Å². The van der Waals surface area contributed by atoms with Crippen LogP contribution in [0, 0.1) is 0 Å². The third kappa shape index (κ3) is 3.82. The van der Waals surface area contributed by atoms with Crippen molar-refractivity contribution in [2.45, 2.75) is 12.5 Å². The van der Waals surface area contributed by atoms with E-state index in [1.807, 2.05) is 0 Å². The highest BCUT2D eigenvalue weighted by molar-refractivity contribution is 9.10. The average molecular weight is 353 g/mol. The SMILES string of the molecule is Nc1cc(C(=O)N[C@H](Cc2cnc[nH]2)C(=O)O)ccc1Br. The average Bonchev–Trinajstić information content (AvgIpc) is 2.93. The maximum Gasteiger partial charge on any atom is 0.326 e. The van der Waals surface area contributed by atoms with Crippen LogP contribution in [-0.4, -0.2) is 33.0 Å². The molecule has 2 rings (SSSR count). The fourth-order valence-electron chi connectivity index (χ4n) is 1.74. The van der Waals surface area contributed by atoms with E-state index in [9.17, 15) is 14.7 Å². The molecule has 0 aliphatic heterocycles. The zero-order valence-electron chi connectivity index (χ0n) is 10.8. The van der Waals surface area contributed by atoms with Crippen molar-refractivity contribution in [2.24, 2.45) is 0 Å². The van der Waals surface area contributed by atoms with Gasteiger partial charge in [-0.15, -0.1) is 0 Å². The lowest BCUT2D eigenvalue weighted by molar-refractivity contribution is -0.139. The standard InChI is InChI=1S/C13H13BrN4O3/c14-9-2-1-7(3-10(9)15)12(19)18-11(13(20)21)4-8-5-16-6-17-8/h1-3,5-6,11H,4,15H2,(H,16,17)(H,18,19)(H,20,21)/t11-/m1/s1. The van der Waals surface area contributed by atoms with Gasteiger partial charge in [0.1, 0.15) is 6.04 Å². The summed E-state index contributed by atoms with van der Waals surface area (Å²) in [6.45, 7) is 0. The summed E-state index contributed by atoms with van der Waals surface area (Å²) in [5, 5.41) is 11.6. The van der Waals surface area contributed by atoms with E-state index < -0.39 is 17.9 Å². The van der Waals surface area contributed by atoms with E-state index in [0.29, 0.717) is 21.4 Å². The van der Waals surface area contributed by atoms with E-state index in [0.717, 1.165) is 0 Å². The van der Waals surface area contributed by atoms with Crippen molar-refractivity contribution >= 4 is 33.5 Å². The Morgan fingerprint density at radius 2 is 2.24 bits per heavy atom. The summed E-state index contributed by atoms with van der Waals surface area (Å²) in [5.74, 6) is -1.62. The van der Waals surface area contributed by atoms with E-state index in [-0.39, 0.29) is 6.42 Å². The fourth-order valence-corrected chi connectivity index (χ4v) is 1.99. The normalized spacial score (nSPS) is 11.9. The van der Waals surface area contributed by atoms with Crippen LogP contribution in [0.3, 0.4) is 0 Å². The Morgan fingerprint density at radius 3 is 2.81 bits per heavy atom. The molecule has 1 heterocycles. The maximum absolute atomic E-state index is 12.1. The Hall–Kier alpha value is -2.35. The number of carbonyl (C=O) groups is 2. The van der Waals surface area contributed by atoms with Crippen LogP contribution in [0.2, 0.25) is 0 Å². The minimum Gasteiger partial charge on any atom is -0.480 e. The molecule has 1 atom stereocenters. The summed E-state index contributed by atoms with van der Waals surface area (Å²) < 4.78 is 0.672. The molecule has 110 valence electrons. The van der Waals surface area contributed by atoms with Crippen molar-refractivity contribution in [1.82, 2.24) is 15.3 Å². The molecule has 0 saturated heterocycles. The van der Waals surface area contributed by atoms with Crippen molar-refractivity contribution in [2.75, 3.05) is 5.73 Å². The second-order valence-corrected chi connectivity index (χ2v) is 5.24. The summed E-state index contributed by atoms with van der Waals surface area (Å²) >= 11 is 3.23. The quantitative estimate of drug-likeness (QED) is 0.602. The number of aromatic nitrogens is 2. The number of aromatic amines is 1. The first-order valence-electron chi connectivity index (χ1n) is 6.03. The number of carboxylic acid groups (broad SMARTS) is 1. The first-order valence-corrected chi connectivity index (χ1v) is 6.82. The van der Waals surface area contributed by atoms with Gasteiger partial charge in [-0.05, 0) is 34.1 Å². The molecule has 1 aromatic heterocycles. The molecule has 0 fully saturated rings. The van der Waals surface area contributed by atoms with Crippen LogP contribution in [0.15, 0.2) is 35.2 Å². The molecule has 2 aromatic rings. The number of hydrogen-bond donors (Lipinski definition) is 4. The first-order chi connectivity index (χ1) is 9.97. The molecule has 0 bridgehead atoms. The Morgan fingerprint density at radius 1 is 1.48 bits per heavy atom. The molecule has 0 unspecified atom stereocenters. The van der Waals surface area contributed by atoms with Gasteiger partial charge in [-0.3, -0.25) is 4.79 Å². The molecule has 21 heavy (non-hydrogen) atoms. The number of halogens is 1. The summed E-state index contributed by atoms with van der Waals surface area (Å²) in [7, 11) is 0. The van der Waals surface area contributed by atoms with Crippen molar-refractivity contribution in [1.29, 1.82) is 0 Å². The zero-order chi connectivity index (χ0) is 15.4. The number of nitrogen functional groups attached to an aromatic ring is 1. The highest BCUT2D eigenvalue weighted by Gasteiger charge is 2.22. The number of amides is 1. The van der Waals surface area contributed by atoms with Crippen LogP contribution in [0.5, 0.6) is 0 Å². The summed E-state index contributed by atoms with van der Waals surface area (Å²) in [6.07, 6.45) is 3.08. The minimum absolute atomic E-state index is 0.118. The molecular formula is C13H13BrN4O3. The predicted octanol–water partition coefficient (Wildman–Crippen LogP) is 1.18. The molecule has 5 N–H and O–H groups in total. The number of hydrogen-bond acceptors (Lipinski definition) is 4. The third-order valence-electron chi connectivity index (χ3n) is 2.84. The molecule has 0 saturated carbocycles. The number of nitrogens with two attached hydrogens (primary N) is 1. The number of rotatable bonds is 5. The molecular weight excluding hydrogens is 340 g/mol. The lowest BCUT2D eigenvalue weighted by Crippen LogP contribution is -2.42. The van der Waals surface area contributed by atoms with Gasteiger partial charge in [0.25, 0.3) is 5.91 Å². The molecule has 0 radical (unpaired) electrons. The Labute approximate surface area is 128 Å². The lowest BCUT2D eigenvalue weighted by atomic mass is 10.1. The molecule has 0 aliphatic rings. The van der Waals surface area contributed by atoms with Crippen LogP contribution in [-0.2, 0) is 11.2 Å². The molecule has 8 heteroatoms. The number of anilines is 1. The smallest absolute Gasteiger partial charge is 0.326 e. The summed E-state index contributed by atoms with van der Waals surface area (Å²) in [6, 6.07) is 3.62. The lowest BCUT2D eigenvalue weighted by Gasteiger charge is -2.14. The highest BCUT2D eigenvalue weighted by atomic mass is 79.9. The van der Waals surface area contributed by atoms with Gasteiger partial charge in [0.05, 0.1) is 6.33 Å². The Kier molecular flexibility index (Phi) is 4.59. The van der Waals surface area contributed by atoms with Crippen molar-refractivity contribution < 1.29 is 14.7 Å². The molecule has 0 spiro atoms. The summed E-state index contributed by atoms with van der Waals surface area (Å²) in [4.78, 5) is 29.9.